The van der Waals surface area contributed by atoms with Crippen LogP contribution in [0.4, 0.5) is 5.95 Å². The topological polar surface area (TPSA) is 149 Å². The number of hydrogen-bond acceptors (Lipinski definition) is 6. The largest absolute Gasteiger partial charge is 0.368 e. The molecule has 0 saturated heterocycles. The monoisotopic (exact) mass is 221 g/mol. The molecule has 0 atom stereocenters. The van der Waals surface area contributed by atoms with Gasteiger partial charge in [0, 0.05) is 0 Å². The number of nitrogens with one attached hydrogen (secondary N) is 1. The number of nitrogens with two attached hydrogens (primary N) is 2. The van der Waals surface area contributed by atoms with E-state index in [0.29, 0.717) is 11.2 Å². The highest BCUT2D eigenvalue weighted by molar-refractivity contribution is 5.86. The van der Waals surface area contributed by atoms with E-state index in [2.05, 4.69) is 30.8 Å². The Morgan fingerprint density at radius 3 is 3.06 bits per heavy atom. The Hall–Kier alpha value is -2.78. The van der Waals surface area contributed by atoms with Crippen LogP contribution in [0.2, 0.25) is 0 Å². The van der Waals surface area contributed by atoms with E-state index in [1.807, 2.05) is 0 Å². The zero-order valence-corrected chi connectivity index (χ0v) is 7.90. The summed E-state index contributed by atoms with van der Waals surface area (Å²) in [5.41, 5.74) is 14.2. The SMILES string of the molecule is NC(=NN=O)Nn1cnc2cnc(N)nc21. The van der Waals surface area contributed by atoms with Crippen LogP contribution in [-0.4, -0.2) is 25.6 Å². The van der Waals surface area contributed by atoms with Crippen molar-refractivity contribution < 1.29 is 0 Å². The van der Waals surface area contributed by atoms with E-state index in [1.165, 1.54) is 17.2 Å². The fraction of sp³-hybridized carbons (Fsp3) is 0. The number of aromatic nitrogens is 4. The summed E-state index contributed by atoms with van der Waals surface area (Å²) in [6.07, 6.45) is 2.85. The minimum absolute atomic E-state index is 0.0973. The van der Waals surface area contributed by atoms with Crippen molar-refractivity contribution >= 4 is 23.1 Å². The third-order valence-corrected chi connectivity index (χ3v) is 1.69. The molecule has 2 aromatic heterocycles. The Kier molecular flexibility index (Phi) is 2.30. The molecule has 0 radical (unpaired) electrons. The molecule has 10 heteroatoms. The molecule has 16 heavy (non-hydrogen) atoms. The van der Waals surface area contributed by atoms with E-state index in [1.54, 1.807) is 0 Å². The number of nitrogens with zero attached hydrogens (tertiary/aromatic N) is 6. The number of guanidine groups is 1. The van der Waals surface area contributed by atoms with Crippen LogP contribution >= 0.6 is 0 Å². The molecule has 2 heterocycles. The molecule has 0 spiro atoms. The van der Waals surface area contributed by atoms with Gasteiger partial charge in [-0.1, -0.05) is 5.10 Å². The Bertz CT molecular complexity index is 558. The van der Waals surface area contributed by atoms with Gasteiger partial charge in [-0.2, -0.15) is 4.98 Å². The number of nitrogen functional groups attached to an aromatic ring is 1. The number of fused-ring (bicyclic) bond motifs is 1. The third kappa shape index (κ3) is 1.70. The lowest BCUT2D eigenvalue weighted by Gasteiger charge is -2.04. The zero-order chi connectivity index (χ0) is 11.5. The van der Waals surface area contributed by atoms with Gasteiger partial charge in [0.1, 0.15) is 11.8 Å². The molecule has 10 nitrogen and oxygen atoms in total. The normalized spacial score (nSPS) is 11.6. The summed E-state index contributed by atoms with van der Waals surface area (Å²) in [4.78, 5) is 21.5. The van der Waals surface area contributed by atoms with Crippen LogP contribution in [0.5, 0.6) is 0 Å². The molecule has 0 amide bonds. The first kappa shape index (κ1) is 9.76. The average molecular weight is 221 g/mol. The Morgan fingerprint density at radius 2 is 2.31 bits per heavy atom. The fourth-order valence-electron chi connectivity index (χ4n) is 1.09. The van der Waals surface area contributed by atoms with Gasteiger partial charge in [-0.05, 0) is 0 Å². The molecule has 2 rings (SSSR count). The first-order valence-corrected chi connectivity index (χ1v) is 4.09. The molecule has 5 N–H and O–H groups in total. The summed E-state index contributed by atoms with van der Waals surface area (Å²) >= 11 is 0. The van der Waals surface area contributed by atoms with Crippen molar-refractivity contribution in [3.05, 3.63) is 17.4 Å². The molecule has 0 aliphatic rings. The van der Waals surface area contributed by atoms with Crippen molar-refractivity contribution in [3.63, 3.8) is 0 Å². The first-order valence-electron chi connectivity index (χ1n) is 4.09. The molecule has 0 fully saturated rings. The standard InChI is InChI=1S/C6H7N9O/c7-5-9-1-3-4(11-5)15(2-10-3)13-6(8)12-14-16/h1-2H,(H2,7,9,11)(H3,8,12,13,16). The minimum Gasteiger partial charge on any atom is -0.368 e. The van der Waals surface area contributed by atoms with Gasteiger partial charge in [0.15, 0.2) is 5.65 Å². The molecule has 0 saturated carbocycles. The van der Waals surface area contributed by atoms with Crippen LogP contribution in [0.25, 0.3) is 11.2 Å². The maximum absolute atomic E-state index is 9.83. The molecular formula is C6H7N9O. The number of imidazole rings is 1. The second-order valence-corrected chi connectivity index (χ2v) is 2.73. The predicted octanol–water partition coefficient (Wildman–Crippen LogP) is -1.05. The summed E-state index contributed by atoms with van der Waals surface area (Å²) in [6, 6.07) is 0. The van der Waals surface area contributed by atoms with Crippen LogP contribution < -0.4 is 16.9 Å². The van der Waals surface area contributed by atoms with Gasteiger partial charge in [-0.25, -0.2) is 14.6 Å². The quantitative estimate of drug-likeness (QED) is 0.253. The lowest BCUT2D eigenvalue weighted by atomic mass is 10.6. The second kappa shape index (κ2) is 3.76. The van der Waals surface area contributed by atoms with E-state index in [4.69, 9.17) is 11.5 Å². The van der Waals surface area contributed by atoms with Gasteiger partial charge in [0.25, 0.3) is 0 Å². The van der Waals surface area contributed by atoms with E-state index < -0.39 is 0 Å². The van der Waals surface area contributed by atoms with Crippen LogP contribution in [0.15, 0.2) is 22.9 Å². The van der Waals surface area contributed by atoms with Crippen molar-refractivity contribution in [3.8, 4) is 0 Å². The number of anilines is 1. The molecule has 0 aliphatic carbocycles. The van der Waals surface area contributed by atoms with E-state index in [-0.39, 0.29) is 11.9 Å². The Labute approximate surface area is 88.3 Å². The summed E-state index contributed by atoms with van der Waals surface area (Å²) < 4.78 is 1.34. The van der Waals surface area contributed by atoms with Crippen LogP contribution in [0.3, 0.4) is 0 Å². The van der Waals surface area contributed by atoms with Gasteiger partial charge < -0.3 is 11.5 Å². The maximum Gasteiger partial charge on any atom is 0.236 e. The van der Waals surface area contributed by atoms with Crippen LogP contribution in [-0.2, 0) is 0 Å². The Morgan fingerprint density at radius 1 is 1.50 bits per heavy atom. The van der Waals surface area contributed by atoms with Gasteiger partial charge in [-0.15, -0.1) is 4.91 Å². The number of hydrogen-bond donors (Lipinski definition) is 3. The number of nitroso groups, excluding NO2 is 1. The summed E-state index contributed by atoms with van der Waals surface area (Å²) in [6.45, 7) is 0. The van der Waals surface area contributed by atoms with E-state index in [9.17, 15) is 4.91 Å². The fourth-order valence-corrected chi connectivity index (χ4v) is 1.09. The van der Waals surface area contributed by atoms with E-state index in [0.717, 1.165) is 0 Å². The molecule has 2 aromatic rings. The smallest absolute Gasteiger partial charge is 0.236 e. The summed E-state index contributed by atoms with van der Waals surface area (Å²) in [7, 11) is 0. The first-order chi connectivity index (χ1) is 7.70. The van der Waals surface area contributed by atoms with E-state index >= 15 is 0 Å². The summed E-state index contributed by atoms with van der Waals surface area (Å²) in [5.74, 6) is -0.0912. The molecule has 0 unspecified atom stereocenters. The predicted molar refractivity (Wildman–Crippen MR) is 56.5 cm³/mol. The Balaban J connectivity index is 2.41. The maximum atomic E-state index is 9.83. The minimum atomic E-state index is -0.188. The van der Waals surface area contributed by atoms with Gasteiger partial charge in [0.05, 0.1) is 11.5 Å². The molecule has 0 bridgehead atoms. The zero-order valence-electron chi connectivity index (χ0n) is 7.90. The molecule has 0 aromatic carbocycles. The number of rotatable bonds is 2. The molecular weight excluding hydrogens is 214 g/mol. The van der Waals surface area contributed by atoms with Gasteiger partial charge in [-0.3, -0.25) is 5.43 Å². The van der Waals surface area contributed by atoms with Crippen molar-refractivity contribution in [2.75, 3.05) is 11.2 Å². The highest BCUT2D eigenvalue weighted by Crippen LogP contribution is 2.07. The molecule has 82 valence electrons. The highest BCUT2D eigenvalue weighted by atomic mass is 16.3. The van der Waals surface area contributed by atoms with Crippen molar-refractivity contribution in [1.29, 1.82) is 0 Å². The summed E-state index contributed by atoms with van der Waals surface area (Å²) in [5, 5.41) is 5.33. The van der Waals surface area contributed by atoms with Crippen molar-refractivity contribution in [1.82, 2.24) is 19.6 Å². The second-order valence-electron chi connectivity index (χ2n) is 2.73. The average Bonchev–Trinajstić information content (AvgIpc) is 2.61. The van der Waals surface area contributed by atoms with Crippen LogP contribution in [0, 0.1) is 4.91 Å². The lowest BCUT2D eigenvalue weighted by Crippen LogP contribution is -2.29. The van der Waals surface area contributed by atoms with Crippen molar-refractivity contribution in [2.45, 2.75) is 0 Å². The van der Waals surface area contributed by atoms with Gasteiger partial charge >= 0.3 is 0 Å². The highest BCUT2D eigenvalue weighted by Gasteiger charge is 2.05. The third-order valence-electron chi connectivity index (χ3n) is 1.69. The van der Waals surface area contributed by atoms with Crippen molar-refractivity contribution in [2.24, 2.45) is 16.1 Å². The molecule has 0 aliphatic heterocycles. The van der Waals surface area contributed by atoms with Crippen LogP contribution in [0.1, 0.15) is 0 Å². The van der Waals surface area contributed by atoms with Gasteiger partial charge in [0.2, 0.25) is 11.9 Å². The lowest BCUT2D eigenvalue weighted by molar-refractivity contribution is 0.971.